The van der Waals surface area contributed by atoms with Gasteiger partial charge in [-0.3, -0.25) is 0 Å². The quantitative estimate of drug-likeness (QED) is 0.490. The van der Waals surface area contributed by atoms with Crippen LogP contribution in [0.5, 0.6) is 5.75 Å². The van der Waals surface area contributed by atoms with E-state index in [0.717, 1.165) is 0 Å². The number of aromatic hydroxyl groups is 1. The van der Waals surface area contributed by atoms with Crippen molar-refractivity contribution in [1.29, 1.82) is 0 Å². The maximum atomic E-state index is 9.24. The van der Waals surface area contributed by atoms with Gasteiger partial charge in [-0.15, -0.1) is 0 Å². The van der Waals surface area contributed by atoms with Crippen LogP contribution >= 0.6 is 23.2 Å². The fourth-order valence-electron chi connectivity index (χ4n) is 0.769. The van der Waals surface area contributed by atoms with Gasteiger partial charge >= 0.3 is 0 Å². The van der Waals surface area contributed by atoms with E-state index in [0.29, 0.717) is 11.3 Å². The summed E-state index contributed by atoms with van der Waals surface area (Å²) in [6, 6.07) is 1.57. The van der Waals surface area contributed by atoms with Crippen LogP contribution < -0.4 is 5.73 Å². The summed E-state index contributed by atoms with van der Waals surface area (Å²) in [5, 5.41) is 9.56. The molecule has 4 heteroatoms. The lowest BCUT2D eigenvalue weighted by molar-refractivity contribution is 0.471. The van der Waals surface area contributed by atoms with Crippen molar-refractivity contribution in [2.45, 2.75) is 6.92 Å². The summed E-state index contributed by atoms with van der Waals surface area (Å²) in [7, 11) is 0. The molecular weight excluding hydrogens is 185 g/mol. The van der Waals surface area contributed by atoms with Crippen molar-refractivity contribution in [2.24, 2.45) is 0 Å². The Kier molecular flexibility index (Phi) is 2.16. The molecule has 0 aliphatic rings. The molecule has 0 saturated carbocycles. The van der Waals surface area contributed by atoms with Crippen LogP contribution in [0, 0.1) is 6.92 Å². The summed E-state index contributed by atoms with van der Waals surface area (Å²) < 4.78 is 0. The zero-order chi connectivity index (χ0) is 8.59. The van der Waals surface area contributed by atoms with Crippen LogP contribution in [0.1, 0.15) is 5.56 Å². The molecule has 1 aromatic carbocycles. The van der Waals surface area contributed by atoms with Crippen LogP contribution in [0.25, 0.3) is 0 Å². The molecule has 11 heavy (non-hydrogen) atoms. The fraction of sp³-hybridized carbons (Fsp3) is 0.143. The van der Waals surface area contributed by atoms with Gasteiger partial charge in [-0.1, -0.05) is 23.2 Å². The lowest BCUT2D eigenvalue weighted by Gasteiger charge is -2.05. The minimum absolute atomic E-state index is 0.00846. The van der Waals surface area contributed by atoms with Gasteiger partial charge in [0.1, 0.15) is 10.8 Å². The second-order valence-electron chi connectivity index (χ2n) is 2.26. The van der Waals surface area contributed by atoms with Gasteiger partial charge in [0.15, 0.2) is 0 Å². The molecule has 2 nitrogen and oxygen atoms in total. The molecule has 0 heterocycles. The highest BCUT2D eigenvalue weighted by Gasteiger charge is 2.09. The predicted molar refractivity (Wildman–Crippen MR) is 47.3 cm³/mol. The number of nitrogens with two attached hydrogens (primary N) is 1. The average Bonchev–Trinajstić information content (AvgIpc) is 1.97. The Hall–Kier alpha value is -0.600. The number of aryl methyl sites for hydroxylation is 1. The summed E-state index contributed by atoms with van der Waals surface area (Å²) in [5.74, 6) is -0.00846. The Morgan fingerprint density at radius 1 is 1.36 bits per heavy atom. The number of hydrogen-bond acceptors (Lipinski definition) is 2. The molecule has 0 aliphatic carbocycles. The fourth-order valence-corrected chi connectivity index (χ4v) is 1.17. The van der Waals surface area contributed by atoms with Crippen LogP contribution in [0.4, 0.5) is 5.69 Å². The van der Waals surface area contributed by atoms with E-state index in [2.05, 4.69) is 0 Å². The lowest BCUT2D eigenvalue weighted by atomic mass is 10.2. The van der Waals surface area contributed by atoms with E-state index in [1.54, 1.807) is 13.0 Å². The Morgan fingerprint density at radius 3 is 2.45 bits per heavy atom. The third-order valence-electron chi connectivity index (χ3n) is 1.40. The highest BCUT2D eigenvalue weighted by molar-refractivity contribution is 6.44. The lowest BCUT2D eigenvalue weighted by Crippen LogP contribution is -1.88. The molecule has 0 radical (unpaired) electrons. The van der Waals surface area contributed by atoms with E-state index in [1.807, 2.05) is 0 Å². The Balaban J connectivity index is 3.46. The Morgan fingerprint density at radius 2 is 1.91 bits per heavy atom. The molecule has 1 rings (SSSR count). The number of nitrogen functional groups attached to an aromatic ring is 1. The molecule has 0 fully saturated rings. The molecule has 0 saturated heterocycles. The SMILES string of the molecule is Cc1cc(N)c(Cl)c(Cl)c1O. The first-order chi connectivity index (χ1) is 5.04. The van der Waals surface area contributed by atoms with E-state index in [4.69, 9.17) is 28.9 Å². The number of rotatable bonds is 0. The van der Waals surface area contributed by atoms with Crippen LogP contribution in [0.15, 0.2) is 6.07 Å². The average molecular weight is 192 g/mol. The van der Waals surface area contributed by atoms with Crippen LogP contribution in [0.2, 0.25) is 10.0 Å². The molecule has 0 aromatic heterocycles. The minimum Gasteiger partial charge on any atom is -0.506 e. The van der Waals surface area contributed by atoms with E-state index in [9.17, 15) is 5.11 Å². The van der Waals surface area contributed by atoms with Crippen LogP contribution in [0.3, 0.4) is 0 Å². The summed E-state index contributed by atoms with van der Waals surface area (Å²) in [6.07, 6.45) is 0. The van der Waals surface area contributed by atoms with Gasteiger partial charge in [0.25, 0.3) is 0 Å². The molecule has 3 N–H and O–H groups in total. The van der Waals surface area contributed by atoms with Crippen molar-refractivity contribution in [3.8, 4) is 5.75 Å². The topological polar surface area (TPSA) is 46.2 Å². The van der Waals surface area contributed by atoms with Crippen molar-refractivity contribution in [2.75, 3.05) is 5.73 Å². The van der Waals surface area contributed by atoms with Gasteiger partial charge in [0.2, 0.25) is 0 Å². The molecule has 0 bridgehead atoms. The molecule has 0 unspecified atom stereocenters. The zero-order valence-corrected chi connectivity index (χ0v) is 7.37. The Labute approximate surface area is 74.5 Å². The summed E-state index contributed by atoms with van der Waals surface area (Å²) in [4.78, 5) is 0. The summed E-state index contributed by atoms with van der Waals surface area (Å²) in [5.41, 5.74) is 6.47. The van der Waals surface area contributed by atoms with Gasteiger partial charge in [-0.2, -0.15) is 0 Å². The molecule has 0 amide bonds. The largest absolute Gasteiger partial charge is 0.506 e. The second kappa shape index (κ2) is 2.80. The number of benzene rings is 1. The maximum absolute atomic E-state index is 9.24. The third-order valence-corrected chi connectivity index (χ3v) is 2.27. The molecule has 60 valence electrons. The smallest absolute Gasteiger partial charge is 0.138 e. The van der Waals surface area contributed by atoms with E-state index >= 15 is 0 Å². The summed E-state index contributed by atoms with van der Waals surface area (Å²) in [6.45, 7) is 1.70. The highest BCUT2D eigenvalue weighted by atomic mass is 35.5. The molecule has 1 aromatic rings. The molecule has 0 atom stereocenters. The summed E-state index contributed by atoms with van der Waals surface area (Å²) >= 11 is 11.3. The number of anilines is 1. The maximum Gasteiger partial charge on any atom is 0.138 e. The highest BCUT2D eigenvalue weighted by Crippen LogP contribution is 2.37. The molecule has 0 aliphatic heterocycles. The van der Waals surface area contributed by atoms with Crippen molar-refractivity contribution in [3.05, 3.63) is 21.7 Å². The normalized spacial score (nSPS) is 10.1. The van der Waals surface area contributed by atoms with Gasteiger partial charge in [0.05, 0.1) is 10.7 Å². The van der Waals surface area contributed by atoms with Crippen molar-refractivity contribution < 1.29 is 5.11 Å². The first-order valence-corrected chi connectivity index (χ1v) is 3.72. The number of phenols is 1. The van der Waals surface area contributed by atoms with E-state index in [-0.39, 0.29) is 15.8 Å². The van der Waals surface area contributed by atoms with Gasteiger partial charge < -0.3 is 10.8 Å². The third kappa shape index (κ3) is 1.37. The molecule has 0 spiro atoms. The van der Waals surface area contributed by atoms with Crippen LogP contribution in [-0.4, -0.2) is 5.11 Å². The zero-order valence-electron chi connectivity index (χ0n) is 5.86. The number of hydrogen-bond donors (Lipinski definition) is 2. The number of phenolic OH excluding ortho intramolecular Hbond substituents is 1. The molecular formula is C7H7Cl2NO. The second-order valence-corrected chi connectivity index (χ2v) is 3.02. The van der Waals surface area contributed by atoms with Gasteiger partial charge in [-0.25, -0.2) is 0 Å². The van der Waals surface area contributed by atoms with Gasteiger partial charge in [-0.05, 0) is 18.6 Å². The van der Waals surface area contributed by atoms with E-state index in [1.165, 1.54) is 0 Å². The van der Waals surface area contributed by atoms with Crippen LogP contribution in [-0.2, 0) is 0 Å². The first kappa shape index (κ1) is 8.50. The Bertz CT molecular complexity index is 273. The minimum atomic E-state index is -0.00846. The van der Waals surface area contributed by atoms with Gasteiger partial charge in [0, 0.05) is 0 Å². The first-order valence-electron chi connectivity index (χ1n) is 2.97. The van der Waals surface area contributed by atoms with Crippen molar-refractivity contribution >= 4 is 28.9 Å². The standard InChI is InChI=1S/C7H7Cl2NO/c1-3-2-4(10)5(8)6(9)7(3)11/h2,11H,10H2,1H3. The predicted octanol–water partition coefficient (Wildman–Crippen LogP) is 2.59. The van der Waals surface area contributed by atoms with E-state index < -0.39 is 0 Å². The van der Waals surface area contributed by atoms with Crippen molar-refractivity contribution in [3.63, 3.8) is 0 Å². The van der Waals surface area contributed by atoms with Crippen molar-refractivity contribution in [1.82, 2.24) is 0 Å². The monoisotopic (exact) mass is 191 g/mol. The number of halogens is 2.